The van der Waals surface area contributed by atoms with Crippen LogP contribution in [0.1, 0.15) is 50.5 Å². The predicted octanol–water partition coefficient (Wildman–Crippen LogP) is 4.74. The fraction of sp³-hybridized carbons (Fsp3) is 0.600. The summed E-state index contributed by atoms with van der Waals surface area (Å²) in [6.45, 7) is 3.04. The van der Waals surface area contributed by atoms with E-state index in [1.165, 1.54) is 24.8 Å². The van der Waals surface area contributed by atoms with Gasteiger partial charge in [-0.15, -0.1) is 11.6 Å². The number of hydrogen-bond donors (Lipinski definition) is 0. The summed E-state index contributed by atoms with van der Waals surface area (Å²) >= 11 is 6.24. The fourth-order valence-corrected chi connectivity index (χ4v) is 2.88. The van der Waals surface area contributed by atoms with Crippen LogP contribution in [0.4, 0.5) is 0 Å². The lowest BCUT2D eigenvalue weighted by Crippen LogP contribution is -2.03. The van der Waals surface area contributed by atoms with Crippen molar-refractivity contribution in [3.63, 3.8) is 0 Å². The molecule has 0 aromatic heterocycles. The molecule has 2 atom stereocenters. The minimum atomic E-state index is 0.359. The van der Waals surface area contributed by atoms with Crippen LogP contribution in [0.2, 0.25) is 0 Å². The molecule has 0 amide bonds. The zero-order chi connectivity index (χ0) is 12.1. The van der Waals surface area contributed by atoms with Crippen molar-refractivity contribution in [3.05, 3.63) is 29.8 Å². The van der Waals surface area contributed by atoms with Crippen molar-refractivity contribution in [3.8, 4) is 5.75 Å². The number of fused-ring (bicyclic) bond motifs is 1. The fourth-order valence-electron chi connectivity index (χ4n) is 2.51. The van der Waals surface area contributed by atoms with Crippen LogP contribution in [-0.2, 0) is 0 Å². The molecule has 1 aliphatic rings. The standard InChI is InChI=1S/C15H21ClO/c1-2-6-13(16)8-5-7-12-11-17-15-10-4-3-9-14(12)15/h3-4,9-10,12-13H,2,5-8,11H2,1H3. The maximum absolute atomic E-state index is 6.24. The average Bonchev–Trinajstić information content (AvgIpc) is 2.73. The van der Waals surface area contributed by atoms with E-state index in [2.05, 4.69) is 25.1 Å². The molecular weight excluding hydrogens is 232 g/mol. The molecular formula is C15H21ClO. The van der Waals surface area contributed by atoms with Crippen molar-refractivity contribution in [1.82, 2.24) is 0 Å². The second kappa shape index (κ2) is 6.30. The van der Waals surface area contributed by atoms with Gasteiger partial charge in [0.2, 0.25) is 0 Å². The van der Waals surface area contributed by atoms with E-state index in [1.807, 2.05) is 6.07 Å². The van der Waals surface area contributed by atoms with Crippen molar-refractivity contribution in [2.45, 2.75) is 50.3 Å². The molecule has 94 valence electrons. The Balaban J connectivity index is 1.78. The van der Waals surface area contributed by atoms with Gasteiger partial charge >= 0.3 is 0 Å². The molecule has 1 aromatic rings. The molecule has 0 N–H and O–H groups in total. The summed E-state index contributed by atoms with van der Waals surface area (Å²) in [5, 5.41) is 0.359. The van der Waals surface area contributed by atoms with Crippen molar-refractivity contribution in [1.29, 1.82) is 0 Å². The van der Waals surface area contributed by atoms with Crippen LogP contribution in [-0.4, -0.2) is 12.0 Å². The largest absolute Gasteiger partial charge is 0.493 e. The molecule has 0 aliphatic carbocycles. The van der Waals surface area contributed by atoms with Crippen LogP contribution in [0.3, 0.4) is 0 Å². The highest BCUT2D eigenvalue weighted by atomic mass is 35.5. The van der Waals surface area contributed by atoms with Gasteiger partial charge < -0.3 is 4.74 Å². The Morgan fingerprint density at radius 1 is 1.35 bits per heavy atom. The molecule has 1 nitrogen and oxygen atoms in total. The molecule has 1 aliphatic heterocycles. The van der Waals surface area contributed by atoms with Gasteiger partial charge in [-0.3, -0.25) is 0 Å². The van der Waals surface area contributed by atoms with Gasteiger partial charge in [-0.25, -0.2) is 0 Å². The lowest BCUT2D eigenvalue weighted by atomic mass is 9.95. The van der Waals surface area contributed by atoms with Crippen molar-refractivity contribution < 1.29 is 4.74 Å². The summed E-state index contributed by atoms with van der Waals surface area (Å²) in [4.78, 5) is 0. The molecule has 1 heterocycles. The van der Waals surface area contributed by atoms with E-state index in [1.54, 1.807) is 0 Å². The lowest BCUT2D eigenvalue weighted by molar-refractivity contribution is 0.322. The third-order valence-corrected chi connectivity index (χ3v) is 3.91. The van der Waals surface area contributed by atoms with Crippen LogP contribution < -0.4 is 4.74 Å². The molecule has 1 aromatic carbocycles. The van der Waals surface area contributed by atoms with Crippen LogP contribution in [0.5, 0.6) is 5.75 Å². The van der Waals surface area contributed by atoms with Crippen LogP contribution >= 0.6 is 11.6 Å². The number of para-hydroxylation sites is 1. The van der Waals surface area contributed by atoms with E-state index >= 15 is 0 Å². The second-order valence-electron chi connectivity index (χ2n) is 4.86. The van der Waals surface area contributed by atoms with E-state index in [0.29, 0.717) is 11.3 Å². The molecule has 2 rings (SSSR count). The van der Waals surface area contributed by atoms with Gasteiger partial charge in [0.1, 0.15) is 5.75 Å². The molecule has 0 saturated carbocycles. The summed E-state index contributed by atoms with van der Waals surface area (Å²) < 4.78 is 5.68. The van der Waals surface area contributed by atoms with Crippen LogP contribution in [0, 0.1) is 0 Å². The molecule has 0 fully saturated rings. The highest BCUT2D eigenvalue weighted by Crippen LogP contribution is 2.36. The minimum absolute atomic E-state index is 0.359. The van der Waals surface area contributed by atoms with Gasteiger partial charge in [0.15, 0.2) is 0 Å². The summed E-state index contributed by atoms with van der Waals surface area (Å²) in [6, 6.07) is 8.40. The summed E-state index contributed by atoms with van der Waals surface area (Å²) in [5.41, 5.74) is 1.38. The Bertz CT molecular complexity index is 351. The Labute approximate surface area is 109 Å². The highest BCUT2D eigenvalue weighted by Gasteiger charge is 2.23. The Morgan fingerprint density at radius 2 is 2.18 bits per heavy atom. The van der Waals surface area contributed by atoms with Gasteiger partial charge in [0.05, 0.1) is 6.61 Å². The topological polar surface area (TPSA) is 9.23 Å². The number of ether oxygens (including phenoxy) is 1. The SMILES string of the molecule is CCCC(Cl)CCCC1COc2ccccc21. The zero-order valence-corrected chi connectivity index (χ0v) is 11.2. The van der Waals surface area contributed by atoms with Crippen LogP contribution in [0.25, 0.3) is 0 Å². The Kier molecular flexibility index (Phi) is 4.73. The molecule has 0 saturated heterocycles. The molecule has 2 heteroatoms. The summed E-state index contributed by atoms with van der Waals surface area (Å²) in [7, 11) is 0. The van der Waals surface area contributed by atoms with Crippen molar-refractivity contribution >= 4 is 11.6 Å². The van der Waals surface area contributed by atoms with Gasteiger partial charge in [0.25, 0.3) is 0 Å². The zero-order valence-electron chi connectivity index (χ0n) is 10.5. The average molecular weight is 253 g/mol. The summed E-state index contributed by atoms with van der Waals surface area (Å²) in [5.74, 6) is 1.66. The molecule has 0 bridgehead atoms. The molecule has 17 heavy (non-hydrogen) atoms. The number of hydrogen-bond acceptors (Lipinski definition) is 1. The normalized spacial score (nSPS) is 19.8. The van der Waals surface area contributed by atoms with E-state index in [4.69, 9.17) is 16.3 Å². The number of alkyl halides is 1. The van der Waals surface area contributed by atoms with E-state index < -0.39 is 0 Å². The molecule has 2 unspecified atom stereocenters. The third-order valence-electron chi connectivity index (χ3n) is 3.47. The monoisotopic (exact) mass is 252 g/mol. The van der Waals surface area contributed by atoms with Gasteiger partial charge in [-0.2, -0.15) is 0 Å². The summed E-state index contributed by atoms with van der Waals surface area (Å²) in [6.07, 6.45) is 5.86. The predicted molar refractivity (Wildman–Crippen MR) is 73.1 cm³/mol. The third kappa shape index (κ3) is 3.38. The Morgan fingerprint density at radius 3 is 3.00 bits per heavy atom. The first-order valence-electron chi connectivity index (χ1n) is 6.67. The van der Waals surface area contributed by atoms with E-state index in [0.717, 1.165) is 25.2 Å². The van der Waals surface area contributed by atoms with Gasteiger partial charge in [-0.1, -0.05) is 38.0 Å². The first kappa shape index (κ1) is 12.8. The highest BCUT2D eigenvalue weighted by molar-refractivity contribution is 6.20. The Hall–Kier alpha value is -0.690. The number of halogens is 1. The van der Waals surface area contributed by atoms with Gasteiger partial charge in [0, 0.05) is 16.9 Å². The van der Waals surface area contributed by atoms with Gasteiger partial charge in [-0.05, 0) is 25.3 Å². The smallest absolute Gasteiger partial charge is 0.122 e. The quantitative estimate of drug-likeness (QED) is 0.665. The maximum atomic E-state index is 6.24. The first-order chi connectivity index (χ1) is 8.31. The first-order valence-corrected chi connectivity index (χ1v) is 7.10. The molecule has 0 spiro atoms. The van der Waals surface area contributed by atoms with Crippen molar-refractivity contribution in [2.24, 2.45) is 0 Å². The van der Waals surface area contributed by atoms with E-state index in [9.17, 15) is 0 Å². The van der Waals surface area contributed by atoms with Crippen LogP contribution in [0.15, 0.2) is 24.3 Å². The second-order valence-corrected chi connectivity index (χ2v) is 5.48. The minimum Gasteiger partial charge on any atom is -0.493 e. The number of benzene rings is 1. The molecule has 0 radical (unpaired) electrons. The number of rotatable bonds is 6. The lowest BCUT2D eigenvalue weighted by Gasteiger charge is -2.11. The maximum Gasteiger partial charge on any atom is 0.122 e. The van der Waals surface area contributed by atoms with E-state index in [-0.39, 0.29) is 0 Å². The van der Waals surface area contributed by atoms with Crippen molar-refractivity contribution in [2.75, 3.05) is 6.61 Å².